The summed E-state index contributed by atoms with van der Waals surface area (Å²) >= 11 is 0. The van der Waals surface area contributed by atoms with Crippen molar-refractivity contribution in [3.8, 4) is 0 Å². The maximum absolute atomic E-state index is 11.8. The molecule has 114 valence electrons. The number of aromatic nitrogens is 1. The fourth-order valence-electron chi connectivity index (χ4n) is 3.08. The molecule has 0 aliphatic carbocycles. The molecule has 0 radical (unpaired) electrons. The van der Waals surface area contributed by atoms with Crippen molar-refractivity contribution >= 4 is 11.1 Å². The maximum atomic E-state index is 11.8. The van der Waals surface area contributed by atoms with Crippen LogP contribution in [0.4, 0.5) is 0 Å². The smallest absolute Gasteiger partial charge is 0.408 e. The molecule has 1 saturated heterocycles. The highest BCUT2D eigenvalue weighted by molar-refractivity contribution is 5.73. The average Bonchev–Trinajstić information content (AvgIpc) is 2.83. The highest BCUT2D eigenvalue weighted by Gasteiger charge is 2.23. The van der Waals surface area contributed by atoms with E-state index in [0.717, 1.165) is 43.3 Å². The Balaban J connectivity index is 1.92. The summed E-state index contributed by atoms with van der Waals surface area (Å²) in [6.07, 6.45) is 3.59. The average molecular weight is 290 g/mol. The Morgan fingerprint density at radius 2 is 2.33 bits per heavy atom. The van der Waals surface area contributed by atoms with E-state index in [-0.39, 0.29) is 11.8 Å². The number of rotatable bonds is 4. The molecule has 1 fully saturated rings. The van der Waals surface area contributed by atoms with Crippen molar-refractivity contribution in [2.75, 3.05) is 6.54 Å². The fraction of sp³-hybridized carbons (Fsp3) is 0.562. The Morgan fingerprint density at radius 1 is 1.48 bits per heavy atom. The molecule has 0 spiro atoms. The van der Waals surface area contributed by atoms with Crippen LogP contribution in [0, 0.1) is 0 Å². The van der Waals surface area contributed by atoms with E-state index >= 15 is 0 Å². The Hall–Kier alpha value is -1.59. The van der Waals surface area contributed by atoms with Crippen LogP contribution >= 0.6 is 0 Å². The summed E-state index contributed by atoms with van der Waals surface area (Å²) in [7, 11) is 0. The van der Waals surface area contributed by atoms with Crippen molar-refractivity contribution in [2.45, 2.75) is 51.3 Å². The first-order valence-corrected chi connectivity index (χ1v) is 7.75. The molecule has 1 aromatic carbocycles. The van der Waals surface area contributed by atoms with Gasteiger partial charge in [-0.3, -0.25) is 4.57 Å². The molecule has 1 aliphatic heterocycles. The van der Waals surface area contributed by atoms with Crippen LogP contribution < -0.4 is 11.1 Å². The number of aryl methyl sites for hydroxylation is 1. The van der Waals surface area contributed by atoms with E-state index in [1.165, 1.54) is 0 Å². The normalized spacial score (nSPS) is 20.8. The molecule has 0 bridgehead atoms. The third-order valence-corrected chi connectivity index (χ3v) is 4.21. The number of oxazole rings is 1. The molecule has 2 atom stereocenters. The number of piperidine rings is 1. The fourth-order valence-corrected chi connectivity index (χ4v) is 3.08. The molecule has 21 heavy (non-hydrogen) atoms. The zero-order chi connectivity index (χ0) is 14.8. The van der Waals surface area contributed by atoms with E-state index in [1.54, 1.807) is 10.6 Å². The lowest BCUT2D eigenvalue weighted by molar-refractivity contribution is 0.114. The van der Waals surface area contributed by atoms with Gasteiger partial charge in [0.05, 0.1) is 11.6 Å². The molecule has 5 heteroatoms. The largest absolute Gasteiger partial charge is 0.419 e. The van der Waals surface area contributed by atoms with Gasteiger partial charge in [-0.25, -0.2) is 4.79 Å². The number of benzene rings is 1. The summed E-state index contributed by atoms with van der Waals surface area (Å²) in [4.78, 5) is 11.8. The van der Waals surface area contributed by atoms with Crippen molar-refractivity contribution in [3.63, 3.8) is 0 Å². The van der Waals surface area contributed by atoms with Gasteiger partial charge in [-0.2, -0.15) is 0 Å². The maximum Gasteiger partial charge on any atom is 0.419 e. The van der Waals surface area contributed by atoms with Crippen LogP contribution in [-0.2, 0) is 6.54 Å². The number of hydrogen-bond acceptors (Lipinski definition) is 4. The lowest BCUT2D eigenvalue weighted by Crippen LogP contribution is -2.38. The van der Waals surface area contributed by atoms with Gasteiger partial charge in [-0.1, -0.05) is 19.4 Å². The Morgan fingerprint density at radius 3 is 3.05 bits per heavy atom. The molecule has 5 nitrogen and oxygen atoms in total. The topological polar surface area (TPSA) is 67.4 Å². The summed E-state index contributed by atoms with van der Waals surface area (Å²) in [6, 6.07) is 5.64. The standard InChI is InChI=1S/C16H22N2O3/c1-2-9-18-13-7-6-11(10-14(13)21-16(18)20)15(19)12-5-3-4-8-17-12/h6-7,10,12,15,17,19H,2-5,8-9H2,1H3. The summed E-state index contributed by atoms with van der Waals surface area (Å²) in [5, 5.41) is 13.8. The van der Waals surface area contributed by atoms with Crippen LogP contribution in [0.2, 0.25) is 0 Å². The van der Waals surface area contributed by atoms with Crippen LogP contribution in [0.1, 0.15) is 44.3 Å². The number of aliphatic hydroxyl groups excluding tert-OH is 1. The van der Waals surface area contributed by atoms with Crippen LogP contribution in [0.3, 0.4) is 0 Å². The van der Waals surface area contributed by atoms with Crippen molar-refractivity contribution in [2.24, 2.45) is 0 Å². The van der Waals surface area contributed by atoms with Gasteiger partial charge in [-0.15, -0.1) is 0 Å². The van der Waals surface area contributed by atoms with Gasteiger partial charge < -0.3 is 14.8 Å². The molecule has 2 N–H and O–H groups in total. The molecule has 0 amide bonds. The number of nitrogens with one attached hydrogen (secondary N) is 1. The summed E-state index contributed by atoms with van der Waals surface area (Å²) in [5.74, 6) is -0.325. The first kappa shape index (κ1) is 14.4. The second-order valence-corrected chi connectivity index (χ2v) is 5.75. The van der Waals surface area contributed by atoms with Crippen molar-refractivity contribution in [1.82, 2.24) is 9.88 Å². The Kier molecular flexibility index (Phi) is 4.12. The second-order valence-electron chi connectivity index (χ2n) is 5.75. The third-order valence-electron chi connectivity index (χ3n) is 4.21. The van der Waals surface area contributed by atoms with E-state index in [1.807, 2.05) is 19.1 Å². The summed E-state index contributed by atoms with van der Waals surface area (Å²) in [5.41, 5.74) is 2.16. The number of aliphatic hydroxyl groups is 1. The van der Waals surface area contributed by atoms with Gasteiger partial charge >= 0.3 is 5.76 Å². The zero-order valence-corrected chi connectivity index (χ0v) is 12.3. The lowest BCUT2D eigenvalue weighted by atomic mass is 9.95. The molecule has 1 aromatic heterocycles. The molecular formula is C16H22N2O3. The van der Waals surface area contributed by atoms with Crippen LogP contribution in [-0.4, -0.2) is 22.3 Å². The van der Waals surface area contributed by atoms with Crippen molar-refractivity contribution in [1.29, 1.82) is 0 Å². The first-order chi connectivity index (χ1) is 10.2. The highest BCUT2D eigenvalue weighted by atomic mass is 16.4. The predicted octanol–water partition coefficient (Wildman–Crippen LogP) is 2.18. The van der Waals surface area contributed by atoms with E-state index in [4.69, 9.17) is 4.42 Å². The molecule has 1 aliphatic rings. The number of nitrogens with zero attached hydrogens (tertiary/aromatic N) is 1. The first-order valence-electron chi connectivity index (χ1n) is 7.75. The van der Waals surface area contributed by atoms with Gasteiger partial charge in [0.2, 0.25) is 0 Å². The van der Waals surface area contributed by atoms with Gasteiger partial charge in [0.1, 0.15) is 0 Å². The van der Waals surface area contributed by atoms with E-state index in [0.29, 0.717) is 12.1 Å². The molecule has 0 saturated carbocycles. The molecule has 2 unspecified atom stereocenters. The van der Waals surface area contributed by atoms with Crippen LogP contribution in [0.15, 0.2) is 27.4 Å². The van der Waals surface area contributed by atoms with Crippen LogP contribution in [0.5, 0.6) is 0 Å². The SMILES string of the molecule is CCCn1c(=O)oc2cc(C(O)C3CCCCN3)ccc21. The number of fused-ring (bicyclic) bond motifs is 1. The second kappa shape index (κ2) is 6.03. The minimum absolute atomic E-state index is 0.0839. The van der Waals surface area contributed by atoms with E-state index in [2.05, 4.69) is 5.32 Å². The third kappa shape index (κ3) is 2.76. The molecule has 3 rings (SSSR count). The molecule has 2 aromatic rings. The predicted molar refractivity (Wildman–Crippen MR) is 81.4 cm³/mol. The van der Waals surface area contributed by atoms with Gasteiger partial charge in [0.25, 0.3) is 0 Å². The van der Waals surface area contributed by atoms with Crippen molar-refractivity contribution in [3.05, 3.63) is 34.3 Å². The summed E-state index contributed by atoms with van der Waals surface area (Å²) < 4.78 is 6.95. The van der Waals surface area contributed by atoms with Gasteiger partial charge in [-0.05, 0) is 43.5 Å². The minimum Gasteiger partial charge on any atom is -0.408 e. The van der Waals surface area contributed by atoms with E-state index in [9.17, 15) is 9.90 Å². The quantitative estimate of drug-likeness (QED) is 0.905. The Bertz CT molecular complexity index is 668. The molecular weight excluding hydrogens is 268 g/mol. The highest BCUT2D eigenvalue weighted by Crippen LogP contribution is 2.25. The van der Waals surface area contributed by atoms with Crippen molar-refractivity contribution < 1.29 is 9.52 Å². The zero-order valence-electron chi connectivity index (χ0n) is 12.3. The van der Waals surface area contributed by atoms with E-state index < -0.39 is 6.10 Å². The Labute approximate surface area is 123 Å². The van der Waals surface area contributed by atoms with Crippen LogP contribution in [0.25, 0.3) is 11.1 Å². The monoisotopic (exact) mass is 290 g/mol. The minimum atomic E-state index is -0.561. The lowest BCUT2D eigenvalue weighted by Gasteiger charge is -2.28. The summed E-state index contributed by atoms with van der Waals surface area (Å²) in [6.45, 7) is 3.63. The number of hydrogen-bond donors (Lipinski definition) is 2. The van der Waals surface area contributed by atoms with Gasteiger partial charge in [0, 0.05) is 12.6 Å². The van der Waals surface area contributed by atoms with Gasteiger partial charge in [0.15, 0.2) is 5.58 Å². The molecule has 2 heterocycles.